The van der Waals surface area contributed by atoms with Gasteiger partial charge in [-0.15, -0.1) is 0 Å². The molecule has 0 aliphatic carbocycles. The number of hydrogen-bond acceptors (Lipinski definition) is 2. The number of carbonyl (C=O) groups is 1. The van der Waals surface area contributed by atoms with Crippen molar-refractivity contribution in [1.29, 1.82) is 0 Å². The molecular formula is C18H15NO2. The summed E-state index contributed by atoms with van der Waals surface area (Å²) >= 11 is 0. The lowest BCUT2D eigenvalue weighted by molar-refractivity contribution is 0.167. The van der Waals surface area contributed by atoms with Crippen LogP contribution in [0.2, 0.25) is 0 Å². The number of ether oxygens (including phenoxy) is 1. The molecule has 0 radical (unpaired) electrons. The minimum Gasteiger partial charge on any atom is -0.446 e. The second kappa shape index (κ2) is 5.72. The van der Waals surface area contributed by atoms with Crippen molar-refractivity contribution in [3.05, 3.63) is 71.3 Å². The van der Waals surface area contributed by atoms with Crippen molar-refractivity contribution in [2.24, 2.45) is 0 Å². The van der Waals surface area contributed by atoms with Crippen molar-refractivity contribution in [1.82, 2.24) is 4.90 Å². The number of nitrogens with zero attached hydrogens (tertiary/aromatic N) is 1. The van der Waals surface area contributed by atoms with Gasteiger partial charge in [0.05, 0.1) is 0 Å². The molecule has 0 aromatic heterocycles. The summed E-state index contributed by atoms with van der Waals surface area (Å²) in [5.41, 5.74) is 3.09. The van der Waals surface area contributed by atoms with Crippen molar-refractivity contribution >= 4 is 6.09 Å². The first-order valence-corrected chi connectivity index (χ1v) is 6.83. The van der Waals surface area contributed by atoms with Gasteiger partial charge in [0.25, 0.3) is 0 Å². The minimum absolute atomic E-state index is 0.142. The molecule has 3 heteroatoms. The summed E-state index contributed by atoms with van der Waals surface area (Å²) in [6, 6.07) is 20.5. The highest BCUT2D eigenvalue weighted by Gasteiger charge is 2.33. The lowest BCUT2D eigenvalue weighted by atomic mass is 10.1. The summed E-state index contributed by atoms with van der Waals surface area (Å²) in [5, 5.41) is 0. The molecule has 1 amide bonds. The Morgan fingerprint density at radius 3 is 2.52 bits per heavy atom. The Balaban J connectivity index is 1.86. The van der Waals surface area contributed by atoms with Gasteiger partial charge in [0.15, 0.2) is 0 Å². The van der Waals surface area contributed by atoms with E-state index < -0.39 is 0 Å². The lowest BCUT2D eigenvalue weighted by Crippen LogP contribution is -2.22. The van der Waals surface area contributed by atoms with Gasteiger partial charge in [-0.1, -0.05) is 48.0 Å². The van der Waals surface area contributed by atoms with Gasteiger partial charge in [-0.05, 0) is 30.5 Å². The van der Waals surface area contributed by atoms with Crippen molar-refractivity contribution < 1.29 is 9.53 Å². The largest absolute Gasteiger partial charge is 0.446 e. The molecule has 1 atom stereocenters. The molecule has 3 rings (SSSR count). The summed E-state index contributed by atoms with van der Waals surface area (Å²) < 4.78 is 5.12. The zero-order chi connectivity index (χ0) is 14.7. The van der Waals surface area contributed by atoms with Gasteiger partial charge in [0.2, 0.25) is 0 Å². The van der Waals surface area contributed by atoms with Crippen LogP contribution in [0.25, 0.3) is 0 Å². The Labute approximate surface area is 124 Å². The van der Waals surface area contributed by atoms with Gasteiger partial charge in [0, 0.05) is 11.6 Å². The number of carbonyl (C=O) groups excluding carboxylic acids is 1. The van der Waals surface area contributed by atoms with Gasteiger partial charge >= 0.3 is 6.09 Å². The predicted octanol–water partition coefficient (Wildman–Crippen LogP) is 3.50. The summed E-state index contributed by atoms with van der Waals surface area (Å²) in [4.78, 5) is 13.3. The van der Waals surface area contributed by atoms with Crippen LogP contribution < -0.4 is 0 Å². The second-order valence-electron chi connectivity index (χ2n) is 4.98. The number of cyclic esters (lactones) is 1. The standard InChI is InChI=1S/C18H15NO2/c1-14-7-9-15(10-8-14)11-12-19-17(13-21-18(19)20)16-5-3-2-4-6-16/h2-10,17H,13H2,1H3. The summed E-state index contributed by atoms with van der Waals surface area (Å²) in [7, 11) is 0. The first-order chi connectivity index (χ1) is 10.2. The monoisotopic (exact) mass is 277 g/mol. The number of aryl methyl sites for hydroxylation is 1. The Morgan fingerprint density at radius 2 is 1.81 bits per heavy atom. The van der Waals surface area contributed by atoms with Crippen LogP contribution in [-0.2, 0) is 4.74 Å². The maximum atomic E-state index is 11.8. The Bertz CT molecular complexity index is 695. The third-order valence-corrected chi connectivity index (χ3v) is 3.43. The van der Waals surface area contributed by atoms with Gasteiger partial charge < -0.3 is 4.74 Å². The third-order valence-electron chi connectivity index (χ3n) is 3.43. The average molecular weight is 277 g/mol. The number of rotatable bonds is 1. The first kappa shape index (κ1) is 13.3. The second-order valence-corrected chi connectivity index (χ2v) is 4.98. The van der Waals surface area contributed by atoms with Crippen molar-refractivity contribution in [3.8, 4) is 12.0 Å². The molecule has 0 bridgehead atoms. The molecule has 2 aromatic rings. The number of amides is 1. The van der Waals surface area contributed by atoms with Crippen LogP contribution in [0, 0.1) is 18.9 Å². The molecule has 0 N–H and O–H groups in total. The molecule has 1 aliphatic rings. The Kier molecular flexibility index (Phi) is 3.61. The van der Waals surface area contributed by atoms with Crippen molar-refractivity contribution in [3.63, 3.8) is 0 Å². The molecule has 0 saturated carbocycles. The van der Waals surface area contributed by atoms with Crippen LogP contribution in [-0.4, -0.2) is 17.6 Å². The molecule has 0 spiro atoms. The molecule has 3 nitrogen and oxygen atoms in total. The van der Waals surface area contributed by atoms with E-state index in [1.54, 1.807) is 0 Å². The van der Waals surface area contributed by atoms with E-state index in [2.05, 4.69) is 12.0 Å². The zero-order valence-electron chi connectivity index (χ0n) is 11.7. The van der Waals surface area contributed by atoms with Crippen LogP contribution in [0.15, 0.2) is 54.6 Å². The molecule has 1 aliphatic heterocycles. The van der Waals surface area contributed by atoms with Gasteiger partial charge in [-0.2, -0.15) is 0 Å². The topological polar surface area (TPSA) is 29.5 Å². The van der Waals surface area contributed by atoms with Crippen LogP contribution in [0.5, 0.6) is 0 Å². The van der Waals surface area contributed by atoms with Crippen LogP contribution in [0.4, 0.5) is 4.79 Å². The summed E-state index contributed by atoms with van der Waals surface area (Å²) in [5.74, 6) is 3.02. The molecule has 21 heavy (non-hydrogen) atoms. The summed E-state index contributed by atoms with van der Waals surface area (Å²) in [6.45, 7) is 2.37. The maximum Gasteiger partial charge on any atom is 0.422 e. The lowest BCUT2D eigenvalue weighted by Gasteiger charge is -2.14. The molecule has 2 aromatic carbocycles. The molecular weight excluding hydrogens is 262 g/mol. The minimum atomic E-state index is -0.386. The van der Waals surface area contributed by atoms with E-state index in [4.69, 9.17) is 4.74 Å². The highest BCUT2D eigenvalue weighted by molar-refractivity contribution is 5.73. The molecule has 1 saturated heterocycles. The van der Waals surface area contributed by atoms with E-state index in [1.807, 2.05) is 61.5 Å². The molecule has 104 valence electrons. The predicted molar refractivity (Wildman–Crippen MR) is 80.4 cm³/mol. The third kappa shape index (κ3) is 2.90. The quantitative estimate of drug-likeness (QED) is 0.747. The van der Waals surface area contributed by atoms with Crippen LogP contribution >= 0.6 is 0 Å². The van der Waals surface area contributed by atoms with Gasteiger partial charge in [-0.25, -0.2) is 9.69 Å². The Morgan fingerprint density at radius 1 is 1.10 bits per heavy atom. The number of hydrogen-bond donors (Lipinski definition) is 0. The Hall–Kier alpha value is -2.73. The molecule has 1 fully saturated rings. The molecule has 1 unspecified atom stereocenters. The van der Waals surface area contributed by atoms with E-state index in [-0.39, 0.29) is 12.1 Å². The normalized spacial score (nSPS) is 17.1. The van der Waals surface area contributed by atoms with E-state index in [0.717, 1.165) is 11.1 Å². The van der Waals surface area contributed by atoms with Gasteiger partial charge in [-0.3, -0.25) is 0 Å². The highest BCUT2D eigenvalue weighted by Crippen LogP contribution is 2.26. The molecule has 1 heterocycles. The zero-order valence-corrected chi connectivity index (χ0v) is 11.7. The fraction of sp³-hybridized carbons (Fsp3) is 0.167. The van der Waals surface area contributed by atoms with Crippen LogP contribution in [0.1, 0.15) is 22.7 Å². The van der Waals surface area contributed by atoms with Crippen molar-refractivity contribution in [2.75, 3.05) is 6.61 Å². The van der Waals surface area contributed by atoms with E-state index in [1.165, 1.54) is 10.5 Å². The fourth-order valence-electron chi connectivity index (χ4n) is 2.23. The summed E-state index contributed by atoms with van der Waals surface area (Å²) in [6.07, 6.45) is -0.386. The van der Waals surface area contributed by atoms with E-state index in [9.17, 15) is 4.79 Å². The smallest absolute Gasteiger partial charge is 0.422 e. The highest BCUT2D eigenvalue weighted by atomic mass is 16.6. The van der Waals surface area contributed by atoms with Gasteiger partial charge in [0.1, 0.15) is 12.6 Å². The SMILES string of the molecule is Cc1ccc(C#CN2C(=O)OCC2c2ccccc2)cc1. The number of benzene rings is 2. The van der Waals surface area contributed by atoms with Crippen molar-refractivity contribution in [2.45, 2.75) is 13.0 Å². The van der Waals surface area contributed by atoms with Crippen LogP contribution in [0.3, 0.4) is 0 Å². The fourth-order valence-corrected chi connectivity index (χ4v) is 2.23. The maximum absolute atomic E-state index is 11.8. The first-order valence-electron chi connectivity index (χ1n) is 6.83. The van der Waals surface area contributed by atoms with E-state index in [0.29, 0.717) is 6.61 Å². The van der Waals surface area contributed by atoms with E-state index >= 15 is 0 Å². The average Bonchev–Trinajstić information content (AvgIpc) is 2.89.